The Labute approximate surface area is 191 Å². The smallest absolute Gasteiger partial charge is 0.425 e. The Morgan fingerprint density at radius 2 is 1.94 bits per heavy atom. The van der Waals surface area contributed by atoms with Crippen molar-refractivity contribution in [1.82, 2.24) is 14.1 Å². The van der Waals surface area contributed by atoms with Gasteiger partial charge < -0.3 is 9.30 Å². The van der Waals surface area contributed by atoms with Gasteiger partial charge in [-0.2, -0.15) is 13.2 Å². The minimum Gasteiger partial charge on any atom is -0.488 e. The number of aromatic nitrogens is 3. The molecule has 0 atom stereocenters. The highest BCUT2D eigenvalue weighted by atomic mass is 35.5. The van der Waals surface area contributed by atoms with Crippen molar-refractivity contribution in [2.24, 2.45) is 7.05 Å². The first-order valence-electron chi connectivity index (χ1n) is 9.78. The first kappa shape index (κ1) is 22.4. The fourth-order valence-electron chi connectivity index (χ4n) is 3.58. The molecule has 1 aliphatic carbocycles. The molecule has 0 radical (unpaired) electrons. The van der Waals surface area contributed by atoms with Crippen LogP contribution in [0, 0.1) is 0 Å². The van der Waals surface area contributed by atoms with Crippen molar-refractivity contribution >= 4 is 34.8 Å². The molecular weight excluding hydrogens is 463 g/mol. The van der Waals surface area contributed by atoms with Gasteiger partial charge in [-0.05, 0) is 49.2 Å². The topological polar surface area (TPSA) is 49.0 Å². The number of pyridine rings is 1. The fourth-order valence-corrected chi connectivity index (χ4v) is 4.37. The molecule has 0 bridgehead atoms. The van der Waals surface area contributed by atoms with Crippen LogP contribution in [-0.2, 0) is 19.8 Å². The summed E-state index contributed by atoms with van der Waals surface area (Å²) < 4.78 is 47.2. The molecule has 0 unspecified atom stereocenters. The van der Waals surface area contributed by atoms with Gasteiger partial charge in [0.25, 0.3) is 5.56 Å². The molecule has 5 rings (SSSR count). The van der Waals surface area contributed by atoms with E-state index in [4.69, 9.17) is 9.72 Å². The van der Waals surface area contributed by atoms with Crippen LogP contribution in [0.5, 0.6) is 5.75 Å². The molecule has 1 aliphatic rings. The number of hydrogen-bond acceptors (Lipinski definition) is 4. The van der Waals surface area contributed by atoms with Crippen molar-refractivity contribution in [1.29, 1.82) is 0 Å². The monoisotopic (exact) mass is 481 g/mol. The average Bonchev–Trinajstić information content (AvgIpc) is 3.35. The van der Waals surface area contributed by atoms with Gasteiger partial charge in [0.05, 0.1) is 16.7 Å². The van der Waals surface area contributed by atoms with E-state index in [1.807, 2.05) is 25.2 Å². The van der Waals surface area contributed by atoms with Crippen LogP contribution in [0.25, 0.3) is 16.7 Å². The van der Waals surface area contributed by atoms with E-state index in [1.54, 1.807) is 12.3 Å². The molecule has 0 aliphatic heterocycles. The molecule has 0 N–H and O–H groups in total. The fraction of sp³-hybridized carbons (Fsp3) is 0.273. The number of rotatable bonds is 5. The normalized spacial score (nSPS) is 13.9. The van der Waals surface area contributed by atoms with E-state index >= 15 is 0 Å². The Bertz CT molecular complexity index is 1340. The minimum atomic E-state index is -4.36. The van der Waals surface area contributed by atoms with E-state index in [-0.39, 0.29) is 24.6 Å². The molecule has 1 fully saturated rings. The maximum atomic E-state index is 12.7. The molecule has 32 heavy (non-hydrogen) atoms. The number of halogens is 4. The van der Waals surface area contributed by atoms with Crippen LogP contribution in [0.15, 0.2) is 53.5 Å². The number of fused-ring (bicyclic) bond motifs is 1. The standard InChI is InChI=1S/C22H18F3N3O2S.ClH/c1-27-18-10-14(4-6-17(18)26-21(27)13-2-3-13)28-9-8-15(11-20(28)29)30-12-16-5-7-19(31-16)22(23,24)25;/h4-11,13H,2-3,12H2,1H3;1H. The quantitative estimate of drug-likeness (QED) is 0.368. The highest BCUT2D eigenvalue weighted by Gasteiger charge is 2.32. The van der Waals surface area contributed by atoms with Gasteiger partial charge in [-0.1, -0.05) is 0 Å². The summed E-state index contributed by atoms with van der Waals surface area (Å²) in [6, 6.07) is 11.1. The lowest BCUT2D eigenvalue weighted by atomic mass is 10.2. The summed E-state index contributed by atoms with van der Waals surface area (Å²) in [6.45, 7) is -0.0326. The van der Waals surface area contributed by atoms with Crippen molar-refractivity contribution in [2.45, 2.75) is 31.5 Å². The molecule has 5 nitrogen and oxygen atoms in total. The van der Waals surface area contributed by atoms with Gasteiger partial charge >= 0.3 is 6.18 Å². The van der Waals surface area contributed by atoms with Gasteiger partial charge in [-0.25, -0.2) is 4.98 Å². The number of aryl methyl sites for hydroxylation is 1. The number of imidazole rings is 1. The number of nitrogens with zero attached hydrogens (tertiary/aromatic N) is 3. The van der Waals surface area contributed by atoms with Crippen molar-refractivity contribution in [3.05, 3.63) is 74.6 Å². The second-order valence-corrected chi connectivity index (χ2v) is 8.77. The first-order valence-corrected chi connectivity index (χ1v) is 10.6. The Kier molecular flexibility index (Phi) is 5.81. The summed E-state index contributed by atoms with van der Waals surface area (Å²) in [5.41, 5.74) is 2.28. The second kappa shape index (κ2) is 8.29. The maximum Gasteiger partial charge on any atom is 0.425 e. The number of hydrogen-bond donors (Lipinski definition) is 0. The number of alkyl halides is 3. The molecule has 3 aromatic heterocycles. The van der Waals surface area contributed by atoms with E-state index in [9.17, 15) is 18.0 Å². The molecule has 1 saturated carbocycles. The third-order valence-corrected chi connectivity index (χ3v) is 6.44. The summed E-state index contributed by atoms with van der Waals surface area (Å²) >= 11 is 0.632. The Hall–Kier alpha value is -2.78. The summed E-state index contributed by atoms with van der Waals surface area (Å²) in [5, 5.41) is 0. The van der Waals surface area contributed by atoms with Crippen LogP contribution < -0.4 is 10.3 Å². The van der Waals surface area contributed by atoms with Gasteiger partial charge in [-0.3, -0.25) is 9.36 Å². The molecule has 10 heteroatoms. The Morgan fingerprint density at radius 3 is 2.59 bits per heavy atom. The molecule has 168 valence electrons. The van der Waals surface area contributed by atoms with Crippen molar-refractivity contribution in [3.63, 3.8) is 0 Å². The zero-order valence-electron chi connectivity index (χ0n) is 16.9. The van der Waals surface area contributed by atoms with Gasteiger partial charge in [0, 0.05) is 30.1 Å². The van der Waals surface area contributed by atoms with E-state index in [0.29, 0.717) is 33.6 Å². The largest absolute Gasteiger partial charge is 0.488 e. The predicted molar refractivity (Wildman–Crippen MR) is 119 cm³/mol. The zero-order chi connectivity index (χ0) is 21.8. The molecule has 1 aromatic carbocycles. The maximum absolute atomic E-state index is 12.7. The number of ether oxygens (including phenoxy) is 1. The van der Waals surface area contributed by atoms with E-state index in [1.165, 1.54) is 16.7 Å². The van der Waals surface area contributed by atoms with Crippen LogP contribution in [0.4, 0.5) is 13.2 Å². The SMILES string of the molecule is Cl.Cn1c(C2CC2)nc2ccc(-n3ccc(OCc4ccc(C(F)(F)F)s4)cc3=O)cc21. The highest BCUT2D eigenvalue weighted by molar-refractivity contribution is 7.12. The summed E-state index contributed by atoms with van der Waals surface area (Å²) in [7, 11) is 1.99. The second-order valence-electron chi connectivity index (χ2n) is 7.60. The number of thiophene rings is 1. The Balaban J connectivity index is 0.00000245. The third kappa shape index (κ3) is 4.27. The molecule has 4 aromatic rings. The van der Waals surface area contributed by atoms with Crippen molar-refractivity contribution in [3.8, 4) is 11.4 Å². The highest BCUT2D eigenvalue weighted by Crippen LogP contribution is 2.40. The van der Waals surface area contributed by atoms with Crippen LogP contribution in [0.2, 0.25) is 0 Å². The molecule has 0 saturated heterocycles. The first-order chi connectivity index (χ1) is 14.8. The summed E-state index contributed by atoms with van der Waals surface area (Å²) in [4.78, 5) is 17.1. The third-order valence-electron chi connectivity index (χ3n) is 5.33. The van der Waals surface area contributed by atoms with Gasteiger partial charge in [-0.15, -0.1) is 23.7 Å². The molecule has 0 spiro atoms. The average molecular weight is 482 g/mol. The van der Waals surface area contributed by atoms with Gasteiger partial charge in [0.1, 0.15) is 23.1 Å². The summed E-state index contributed by atoms with van der Waals surface area (Å²) in [5.74, 6) is 1.90. The van der Waals surface area contributed by atoms with Crippen LogP contribution in [0.1, 0.15) is 34.3 Å². The van der Waals surface area contributed by atoms with E-state index in [2.05, 4.69) is 4.57 Å². The van der Waals surface area contributed by atoms with Gasteiger partial charge in [0.2, 0.25) is 0 Å². The van der Waals surface area contributed by atoms with Gasteiger partial charge in [0.15, 0.2) is 0 Å². The molecular formula is C22H19ClF3N3O2S. The number of benzene rings is 1. The summed E-state index contributed by atoms with van der Waals surface area (Å²) in [6.07, 6.45) is -0.438. The molecule has 3 heterocycles. The Morgan fingerprint density at radius 1 is 1.16 bits per heavy atom. The van der Waals surface area contributed by atoms with E-state index in [0.717, 1.165) is 35.8 Å². The lowest BCUT2D eigenvalue weighted by Crippen LogP contribution is -2.16. The van der Waals surface area contributed by atoms with E-state index < -0.39 is 11.1 Å². The zero-order valence-corrected chi connectivity index (χ0v) is 18.6. The van der Waals surface area contributed by atoms with Crippen LogP contribution >= 0.6 is 23.7 Å². The van der Waals surface area contributed by atoms with Crippen LogP contribution in [0.3, 0.4) is 0 Å². The van der Waals surface area contributed by atoms with Crippen LogP contribution in [-0.4, -0.2) is 14.1 Å². The minimum absolute atomic E-state index is 0. The van der Waals surface area contributed by atoms with Crippen molar-refractivity contribution in [2.75, 3.05) is 0 Å². The lowest BCUT2D eigenvalue weighted by Gasteiger charge is -2.09. The predicted octanol–water partition coefficient (Wildman–Crippen LogP) is 5.68. The lowest BCUT2D eigenvalue weighted by molar-refractivity contribution is -0.134. The molecule has 0 amide bonds. The van der Waals surface area contributed by atoms with Crippen molar-refractivity contribution < 1.29 is 17.9 Å².